The SMILES string of the molecule is Cc1ccc(NC(=O)C2(c3ncccc3C(C)C)CN(C(=O)CCC(=O)O)C2)c(OC(F)F)n1. The maximum atomic E-state index is 13.6. The third-order valence-electron chi connectivity index (χ3n) is 5.62. The van der Waals surface area contributed by atoms with Crippen molar-refractivity contribution in [2.75, 3.05) is 18.4 Å². The summed E-state index contributed by atoms with van der Waals surface area (Å²) in [7, 11) is 0. The maximum Gasteiger partial charge on any atom is 0.388 e. The van der Waals surface area contributed by atoms with Gasteiger partial charge in [0.1, 0.15) is 11.1 Å². The lowest BCUT2D eigenvalue weighted by molar-refractivity contribution is -0.147. The number of hydrogen-bond acceptors (Lipinski definition) is 6. The zero-order valence-corrected chi connectivity index (χ0v) is 19.0. The van der Waals surface area contributed by atoms with Crippen molar-refractivity contribution in [1.82, 2.24) is 14.9 Å². The fourth-order valence-corrected chi connectivity index (χ4v) is 3.88. The van der Waals surface area contributed by atoms with Crippen LogP contribution in [0.1, 0.15) is 49.6 Å². The van der Waals surface area contributed by atoms with Crippen molar-refractivity contribution < 1.29 is 33.0 Å². The second kappa shape index (κ2) is 10.1. The summed E-state index contributed by atoms with van der Waals surface area (Å²) >= 11 is 0. The predicted molar refractivity (Wildman–Crippen MR) is 118 cm³/mol. The molecule has 3 heterocycles. The average molecular weight is 476 g/mol. The number of aryl methyl sites for hydroxylation is 1. The van der Waals surface area contributed by atoms with Crippen LogP contribution in [0.25, 0.3) is 0 Å². The van der Waals surface area contributed by atoms with Crippen molar-refractivity contribution in [3.63, 3.8) is 0 Å². The molecule has 2 aromatic rings. The van der Waals surface area contributed by atoms with E-state index in [-0.39, 0.29) is 37.5 Å². The Kier molecular flexibility index (Phi) is 7.43. The van der Waals surface area contributed by atoms with Crippen molar-refractivity contribution in [2.45, 2.75) is 51.6 Å². The van der Waals surface area contributed by atoms with Crippen LogP contribution in [0.2, 0.25) is 0 Å². The summed E-state index contributed by atoms with van der Waals surface area (Å²) in [4.78, 5) is 46.7. The number of alkyl halides is 2. The van der Waals surface area contributed by atoms with Gasteiger partial charge in [-0.3, -0.25) is 19.4 Å². The summed E-state index contributed by atoms with van der Waals surface area (Å²) in [5, 5.41) is 11.5. The molecule has 0 spiro atoms. The Hall–Kier alpha value is -3.63. The van der Waals surface area contributed by atoms with Crippen molar-refractivity contribution >= 4 is 23.5 Å². The van der Waals surface area contributed by atoms with Crippen LogP contribution in [-0.4, -0.2) is 57.5 Å². The van der Waals surface area contributed by atoms with Gasteiger partial charge in [0.05, 0.1) is 12.1 Å². The average Bonchev–Trinajstić information content (AvgIpc) is 2.73. The monoisotopic (exact) mass is 476 g/mol. The molecule has 0 saturated carbocycles. The first-order valence-electron chi connectivity index (χ1n) is 10.7. The van der Waals surface area contributed by atoms with Crippen LogP contribution >= 0.6 is 0 Å². The molecule has 2 N–H and O–H groups in total. The first-order valence-corrected chi connectivity index (χ1v) is 10.7. The molecule has 2 aromatic heterocycles. The summed E-state index contributed by atoms with van der Waals surface area (Å²) in [6.07, 6.45) is 1.03. The van der Waals surface area contributed by atoms with E-state index in [9.17, 15) is 23.2 Å². The molecule has 0 bridgehead atoms. The Labute approximate surface area is 195 Å². The van der Waals surface area contributed by atoms with Crippen LogP contribution in [-0.2, 0) is 19.8 Å². The highest BCUT2D eigenvalue weighted by Gasteiger charge is 2.54. The molecule has 182 valence electrons. The Morgan fingerprint density at radius 3 is 2.53 bits per heavy atom. The van der Waals surface area contributed by atoms with Gasteiger partial charge in [0.15, 0.2) is 0 Å². The van der Waals surface area contributed by atoms with Gasteiger partial charge in [0.25, 0.3) is 0 Å². The lowest BCUT2D eigenvalue weighted by atomic mass is 9.72. The van der Waals surface area contributed by atoms with Crippen molar-refractivity contribution in [3.05, 3.63) is 47.4 Å². The minimum absolute atomic E-state index is 0.0175. The first kappa shape index (κ1) is 25.0. The van der Waals surface area contributed by atoms with Crippen molar-refractivity contribution in [2.24, 2.45) is 0 Å². The number of carbonyl (C=O) groups is 3. The number of carboxylic acid groups (broad SMARTS) is 1. The molecule has 0 aromatic carbocycles. The third-order valence-corrected chi connectivity index (χ3v) is 5.62. The van der Waals surface area contributed by atoms with Crippen LogP contribution in [0.15, 0.2) is 30.5 Å². The number of hydrogen-bond donors (Lipinski definition) is 2. The lowest BCUT2D eigenvalue weighted by Crippen LogP contribution is -2.67. The predicted octanol–water partition coefficient (Wildman–Crippen LogP) is 3.09. The van der Waals surface area contributed by atoms with Gasteiger partial charge in [0.2, 0.25) is 17.7 Å². The number of rotatable bonds is 9. The van der Waals surface area contributed by atoms with Crippen LogP contribution in [0.4, 0.5) is 14.5 Å². The van der Waals surface area contributed by atoms with Crippen LogP contribution < -0.4 is 10.1 Å². The standard InChI is InChI=1S/C23H26F2N4O5/c1-13(2)15-5-4-10-26-19(15)23(11-29(12-23)17(30)8-9-18(31)32)21(33)28-16-7-6-14(3)27-20(16)34-22(24)25/h4-7,10,13,22H,8-9,11-12H2,1-3H3,(H,28,33)(H,31,32). The highest BCUT2D eigenvalue weighted by molar-refractivity contribution is 6.02. The summed E-state index contributed by atoms with van der Waals surface area (Å²) < 4.78 is 30.3. The normalized spacial score (nSPS) is 14.6. The van der Waals surface area contributed by atoms with Gasteiger partial charge in [-0.2, -0.15) is 8.78 Å². The summed E-state index contributed by atoms with van der Waals surface area (Å²) in [6.45, 7) is 2.29. The number of ether oxygens (including phenoxy) is 1. The molecule has 3 rings (SSSR count). The van der Waals surface area contributed by atoms with Crippen molar-refractivity contribution in [3.8, 4) is 5.88 Å². The number of pyridine rings is 2. The molecule has 1 saturated heterocycles. The number of aliphatic carboxylic acids is 1. The van der Waals surface area contributed by atoms with E-state index in [2.05, 4.69) is 20.0 Å². The van der Waals surface area contributed by atoms with Gasteiger partial charge >= 0.3 is 12.6 Å². The quantitative estimate of drug-likeness (QED) is 0.570. The highest BCUT2D eigenvalue weighted by atomic mass is 19.3. The Balaban J connectivity index is 1.94. The van der Waals surface area contributed by atoms with E-state index in [1.165, 1.54) is 11.0 Å². The topological polar surface area (TPSA) is 122 Å². The van der Waals surface area contributed by atoms with Gasteiger partial charge in [-0.15, -0.1) is 0 Å². The van der Waals surface area contributed by atoms with Gasteiger partial charge in [-0.25, -0.2) is 4.98 Å². The van der Waals surface area contributed by atoms with Crippen LogP contribution in [0.3, 0.4) is 0 Å². The molecular weight excluding hydrogens is 450 g/mol. The number of anilines is 1. The smallest absolute Gasteiger partial charge is 0.388 e. The summed E-state index contributed by atoms with van der Waals surface area (Å²) in [5.41, 5.74) is 0.414. The molecule has 0 aliphatic carbocycles. The second-order valence-corrected chi connectivity index (χ2v) is 8.46. The number of amides is 2. The molecule has 1 fully saturated rings. The van der Waals surface area contributed by atoms with E-state index < -0.39 is 35.7 Å². The number of halogens is 2. The number of carboxylic acids is 1. The fourth-order valence-electron chi connectivity index (χ4n) is 3.88. The second-order valence-electron chi connectivity index (χ2n) is 8.46. The van der Waals surface area contributed by atoms with Crippen LogP contribution in [0, 0.1) is 6.92 Å². The highest BCUT2D eigenvalue weighted by Crippen LogP contribution is 2.39. The molecule has 0 atom stereocenters. The van der Waals surface area contributed by atoms with E-state index in [4.69, 9.17) is 5.11 Å². The fraction of sp³-hybridized carbons (Fsp3) is 0.435. The van der Waals surface area contributed by atoms with Crippen LogP contribution in [0.5, 0.6) is 5.88 Å². The molecule has 11 heteroatoms. The number of nitrogens with zero attached hydrogens (tertiary/aromatic N) is 3. The molecule has 1 aliphatic heterocycles. The molecule has 0 radical (unpaired) electrons. The zero-order valence-electron chi connectivity index (χ0n) is 19.0. The van der Waals surface area contributed by atoms with E-state index in [0.29, 0.717) is 11.4 Å². The number of carbonyl (C=O) groups excluding carboxylic acids is 2. The minimum Gasteiger partial charge on any atom is -0.481 e. The van der Waals surface area contributed by atoms with E-state index in [1.54, 1.807) is 25.3 Å². The molecule has 1 aliphatic rings. The van der Waals surface area contributed by atoms with E-state index >= 15 is 0 Å². The van der Waals surface area contributed by atoms with Crippen molar-refractivity contribution in [1.29, 1.82) is 0 Å². The molecule has 34 heavy (non-hydrogen) atoms. The molecule has 0 unspecified atom stereocenters. The summed E-state index contributed by atoms with van der Waals surface area (Å²) in [5.74, 6) is -2.45. The zero-order chi connectivity index (χ0) is 25.0. The third kappa shape index (κ3) is 5.29. The summed E-state index contributed by atoms with van der Waals surface area (Å²) in [6, 6.07) is 6.55. The lowest BCUT2D eigenvalue weighted by Gasteiger charge is -2.49. The van der Waals surface area contributed by atoms with E-state index in [1.807, 2.05) is 19.9 Å². The number of nitrogens with one attached hydrogen (secondary N) is 1. The molecular formula is C23H26F2N4O5. The molecule has 9 nitrogen and oxygen atoms in total. The Morgan fingerprint density at radius 2 is 1.91 bits per heavy atom. The van der Waals surface area contributed by atoms with Gasteiger partial charge in [-0.05, 0) is 36.6 Å². The van der Waals surface area contributed by atoms with E-state index in [0.717, 1.165) is 5.56 Å². The van der Waals surface area contributed by atoms with Gasteiger partial charge in [-0.1, -0.05) is 19.9 Å². The largest absolute Gasteiger partial charge is 0.481 e. The first-order chi connectivity index (χ1) is 16.0. The molecule has 2 amide bonds. The van der Waals surface area contributed by atoms with Gasteiger partial charge < -0.3 is 20.1 Å². The Bertz CT molecular complexity index is 1090. The number of aromatic nitrogens is 2. The maximum absolute atomic E-state index is 13.6. The van der Waals surface area contributed by atoms with Gasteiger partial charge in [0, 0.05) is 31.4 Å². The Morgan fingerprint density at radius 1 is 1.21 bits per heavy atom. The minimum atomic E-state index is -3.13. The number of likely N-dealkylation sites (tertiary alicyclic amines) is 1.